The lowest BCUT2D eigenvalue weighted by atomic mass is 9.85. The van der Waals surface area contributed by atoms with Crippen LogP contribution in [0, 0.1) is 23.7 Å². The molecule has 2 heteroatoms. The lowest BCUT2D eigenvalue weighted by Gasteiger charge is -2.17. The van der Waals surface area contributed by atoms with Crippen LogP contribution < -0.4 is 0 Å². The molecule has 0 N–H and O–H groups in total. The maximum Gasteiger partial charge on any atom is 0.165 e. The second kappa shape index (κ2) is 2.80. The van der Waals surface area contributed by atoms with Crippen molar-refractivity contribution in [1.29, 1.82) is 0 Å². The fraction of sp³-hybridized carbons (Fsp3) is 0.583. The van der Waals surface area contributed by atoms with Crippen LogP contribution in [0.4, 0.5) is 0 Å². The Kier molecular flexibility index (Phi) is 1.68. The molecule has 0 aliphatic heterocycles. The molecular weight excluding hydrogens is 176 g/mol. The fourth-order valence-corrected chi connectivity index (χ4v) is 3.26. The molecule has 0 aromatic rings. The van der Waals surface area contributed by atoms with Gasteiger partial charge < -0.3 is 4.74 Å². The highest BCUT2D eigenvalue weighted by Crippen LogP contribution is 2.52. The lowest BCUT2D eigenvalue weighted by molar-refractivity contribution is -0.120. The summed E-state index contributed by atoms with van der Waals surface area (Å²) in [5, 5.41) is 0. The van der Waals surface area contributed by atoms with E-state index in [1.807, 2.05) is 0 Å². The summed E-state index contributed by atoms with van der Waals surface area (Å²) in [5.74, 6) is 2.23. The van der Waals surface area contributed by atoms with E-state index >= 15 is 0 Å². The van der Waals surface area contributed by atoms with Crippen LogP contribution >= 0.6 is 0 Å². The number of ether oxygens (including phenoxy) is 1. The number of Topliss-reactive ketones (excluding diaryl/α,β-unsaturated/α-hetero) is 1. The van der Waals surface area contributed by atoms with Gasteiger partial charge in [-0.2, -0.15) is 0 Å². The van der Waals surface area contributed by atoms with Gasteiger partial charge in [-0.3, -0.25) is 4.79 Å². The number of hydrogen-bond donors (Lipinski definition) is 0. The maximum atomic E-state index is 12.0. The van der Waals surface area contributed by atoms with E-state index in [4.69, 9.17) is 4.74 Å². The van der Waals surface area contributed by atoms with Crippen molar-refractivity contribution in [2.24, 2.45) is 23.7 Å². The molecule has 0 radical (unpaired) electrons. The highest BCUT2D eigenvalue weighted by Gasteiger charge is 2.50. The van der Waals surface area contributed by atoms with Gasteiger partial charge in [0.15, 0.2) is 5.78 Å². The number of rotatable bonds is 2. The van der Waals surface area contributed by atoms with Crippen LogP contribution in [-0.4, -0.2) is 19.5 Å². The summed E-state index contributed by atoms with van der Waals surface area (Å²) in [6, 6.07) is 0. The number of allylic oxidation sites excluding steroid dienone is 3. The zero-order valence-electron chi connectivity index (χ0n) is 8.27. The van der Waals surface area contributed by atoms with Gasteiger partial charge in [-0.25, -0.2) is 0 Å². The highest BCUT2D eigenvalue weighted by molar-refractivity contribution is 6.01. The van der Waals surface area contributed by atoms with Crippen LogP contribution in [0.3, 0.4) is 0 Å². The zero-order chi connectivity index (χ0) is 9.71. The molecule has 3 aliphatic carbocycles. The molecule has 4 unspecified atom stereocenters. The highest BCUT2D eigenvalue weighted by atomic mass is 16.5. The Morgan fingerprint density at radius 2 is 2.21 bits per heavy atom. The van der Waals surface area contributed by atoms with Crippen molar-refractivity contribution in [3.05, 3.63) is 23.8 Å². The Hall–Kier alpha value is -0.890. The third-order valence-corrected chi connectivity index (χ3v) is 3.83. The van der Waals surface area contributed by atoms with Gasteiger partial charge in [-0.15, -0.1) is 0 Å². The van der Waals surface area contributed by atoms with Crippen molar-refractivity contribution in [2.45, 2.75) is 6.42 Å². The quantitative estimate of drug-likeness (QED) is 0.618. The first-order valence-corrected chi connectivity index (χ1v) is 5.23. The summed E-state index contributed by atoms with van der Waals surface area (Å²) >= 11 is 0. The van der Waals surface area contributed by atoms with Crippen LogP contribution in [-0.2, 0) is 9.53 Å². The van der Waals surface area contributed by atoms with E-state index in [2.05, 4.69) is 18.2 Å². The minimum absolute atomic E-state index is 0.259. The predicted molar refractivity (Wildman–Crippen MR) is 52.7 cm³/mol. The number of ketones is 1. The van der Waals surface area contributed by atoms with Crippen LogP contribution in [0.5, 0.6) is 0 Å². The molecule has 4 atom stereocenters. The molecule has 74 valence electrons. The van der Waals surface area contributed by atoms with E-state index in [0.29, 0.717) is 30.1 Å². The predicted octanol–water partition coefficient (Wildman–Crippen LogP) is 1.58. The van der Waals surface area contributed by atoms with Gasteiger partial charge in [0.25, 0.3) is 0 Å². The Labute approximate surface area is 83.6 Å². The summed E-state index contributed by atoms with van der Waals surface area (Å²) in [6.07, 6.45) is 7.86. The first-order chi connectivity index (χ1) is 6.81. The van der Waals surface area contributed by atoms with E-state index < -0.39 is 0 Å². The monoisotopic (exact) mass is 190 g/mol. The Bertz CT molecular complexity index is 340. The zero-order valence-corrected chi connectivity index (χ0v) is 8.27. The van der Waals surface area contributed by atoms with Crippen molar-refractivity contribution < 1.29 is 9.53 Å². The number of carbonyl (C=O) groups excluding carboxylic acids is 1. The van der Waals surface area contributed by atoms with E-state index in [-0.39, 0.29) is 5.92 Å². The van der Waals surface area contributed by atoms with Crippen molar-refractivity contribution in [1.82, 2.24) is 0 Å². The van der Waals surface area contributed by atoms with Crippen LogP contribution in [0.1, 0.15) is 6.42 Å². The average Bonchev–Trinajstić information content (AvgIpc) is 2.81. The Balaban J connectivity index is 1.90. The van der Waals surface area contributed by atoms with Gasteiger partial charge in [-0.05, 0) is 24.2 Å². The normalized spacial score (nSPS) is 43.2. The van der Waals surface area contributed by atoms with Gasteiger partial charge in [0, 0.05) is 18.6 Å². The SMILES string of the molecule is COCC1=CC2C3C=CC(C3)C2C1=O. The van der Waals surface area contributed by atoms with Crippen molar-refractivity contribution in [3.63, 3.8) is 0 Å². The molecule has 3 aliphatic rings. The summed E-state index contributed by atoms with van der Waals surface area (Å²) in [5.41, 5.74) is 0.904. The topological polar surface area (TPSA) is 26.3 Å². The standard InChI is InChI=1S/C12H14O2/c1-14-6-9-5-10-7-2-3-8(4-7)11(10)12(9)13/h2-3,5,7-8,10-11H,4,6H2,1H3. The largest absolute Gasteiger partial charge is 0.380 e. The van der Waals surface area contributed by atoms with Crippen molar-refractivity contribution >= 4 is 5.78 Å². The van der Waals surface area contributed by atoms with E-state index in [1.54, 1.807) is 7.11 Å². The van der Waals surface area contributed by atoms with Crippen molar-refractivity contribution in [2.75, 3.05) is 13.7 Å². The molecule has 0 saturated heterocycles. The molecule has 0 amide bonds. The minimum atomic E-state index is 0.259. The van der Waals surface area contributed by atoms with Gasteiger partial charge in [0.05, 0.1) is 6.61 Å². The molecular formula is C12H14O2. The summed E-state index contributed by atoms with van der Waals surface area (Å²) < 4.78 is 5.04. The van der Waals surface area contributed by atoms with E-state index in [0.717, 1.165) is 5.57 Å². The summed E-state index contributed by atoms with van der Waals surface area (Å²) in [6.45, 7) is 0.491. The van der Waals surface area contributed by atoms with E-state index in [9.17, 15) is 4.79 Å². The second-order valence-electron chi connectivity index (χ2n) is 4.54. The van der Waals surface area contributed by atoms with Crippen LogP contribution in [0.2, 0.25) is 0 Å². The van der Waals surface area contributed by atoms with Crippen LogP contribution in [0.15, 0.2) is 23.8 Å². The maximum absolute atomic E-state index is 12.0. The number of fused-ring (bicyclic) bond motifs is 5. The van der Waals surface area contributed by atoms with Crippen LogP contribution in [0.25, 0.3) is 0 Å². The number of carbonyl (C=O) groups is 1. The molecule has 0 aromatic heterocycles. The third-order valence-electron chi connectivity index (χ3n) is 3.83. The molecule has 14 heavy (non-hydrogen) atoms. The van der Waals surface area contributed by atoms with Gasteiger partial charge in [0.2, 0.25) is 0 Å². The molecule has 1 fully saturated rings. The molecule has 0 heterocycles. The molecule has 1 saturated carbocycles. The lowest BCUT2D eigenvalue weighted by Crippen LogP contribution is -2.22. The Morgan fingerprint density at radius 3 is 2.93 bits per heavy atom. The summed E-state index contributed by atoms with van der Waals surface area (Å²) in [4.78, 5) is 12.0. The molecule has 0 spiro atoms. The minimum Gasteiger partial charge on any atom is -0.380 e. The van der Waals surface area contributed by atoms with Gasteiger partial charge in [0.1, 0.15) is 0 Å². The second-order valence-corrected chi connectivity index (χ2v) is 4.54. The molecule has 0 aromatic carbocycles. The Morgan fingerprint density at radius 1 is 1.43 bits per heavy atom. The molecule has 3 rings (SSSR count). The van der Waals surface area contributed by atoms with Crippen molar-refractivity contribution in [3.8, 4) is 0 Å². The first kappa shape index (κ1) is 8.42. The smallest absolute Gasteiger partial charge is 0.165 e. The average molecular weight is 190 g/mol. The number of methoxy groups -OCH3 is 1. The summed E-state index contributed by atoms with van der Waals surface area (Å²) in [7, 11) is 1.65. The van der Waals surface area contributed by atoms with E-state index in [1.165, 1.54) is 6.42 Å². The van der Waals surface area contributed by atoms with Gasteiger partial charge >= 0.3 is 0 Å². The fourth-order valence-electron chi connectivity index (χ4n) is 3.26. The molecule has 2 bridgehead atoms. The van der Waals surface area contributed by atoms with Gasteiger partial charge in [-0.1, -0.05) is 18.2 Å². The number of hydrogen-bond acceptors (Lipinski definition) is 2. The first-order valence-electron chi connectivity index (χ1n) is 5.23. The molecule has 2 nitrogen and oxygen atoms in total. The third kappa shape index (κ3) is 0.921.